The minimum Gasteiger partial charge on any atom is -0.384 e. The molecule has 1 heterocycles. The third-order valence-corrected chi connectivity index (χ3v) is 6.26. The maximum absolute atomic E-state index is 13.4. The monoisotopic (exact) mass is 448 g/mol. The van der Waals surface area contributed by atoms with Crippen molar-refractivity contribution in [2.45, 2.75) is 32.6 Å². The third kappa shape index (κ3) is 3.53. The predicted molar refractivity (Wildman–Crippen MR) is 122 cm³/mol. The largest absolute Gasteiger partial charge is 0.384 e. The number of nitro groups is 1. The van der Waals surface area contributed by atoms with E-state index in [1.165, 1.54) is 12.1 Å². The molecule has 1 atom stereocenters. The number of anilines is 1. The molecule has 162 valence electrons. The Kier molecular flexibility index (Phi) is 5.27. The lowest BCUT2D eigenvalue weighted by molar-refractivity contribution is -0.384. The average molecular weight is 449 g/mol. The van der Waals surface area contributed by atoms with E-state index in [-0.39, 0.29) is 28.3 Å². The minimum absolute atomic E-state index is 0.0583. The molecule has 0 aromatic heterocycles. The van der Waals surface area contributed by atoms with Gasteiger partial charge < -0.3 is 5.73 Å². The lowest BCUT2D eigenvalue weighted by Gasteiger charge is -2.43. The molecular weight excluding hydrogens is 428 g/mol. The molecule has 0 bridgehead atoms. The molecule has 8 heteroatoms. The number of ketones is 1. The van der Waals surface area contributed by atoms with Gasteiger partial charge in [-0.3, -0.25) is 19.8 Å². The summed E-state index contributed by atoms with van der Waals surface area (Å²) in [6, 6.07) is 15.2. The van der Waals surface area contributed by atoms with Crippen LogP contribution >= 0.6 is 11.6 Å². The van der Waals surface area contributed by atoms with Crippen molar-refractivity contribution in [3.8, 4) is 6.07 Å². The molecule has 4 rings (SSSR count). The Morgan fingerprint density at radius 3 is 2.44 bits per heavy atom. The van der Waals surface area contributed by atoms with Crippen LogP contribution < -0.4 is 10.6 Å². The number of hydrogen-bond acceptors (Lipinski definition) is 6. The lowest BCUT2D eigenvalue weighted by atomic mass is 9.68. The number of carbonyl (C=O) groups excluding carboxylic acids is 1. The van der Waals surface area contributed by atoms with E-state index in [1.54, 1.807) is 35.2 Å². The number of nitrogens with two attached hydrogens (primary N) is 1. The van der Waals surface area contributed by atoms with Gasteiger partial charge in [-0.1, -0.05) is 43.6 Å². The summed E-state index contributed by atoms with van der Waals surface area (Å²) in [6.45, 7) is 4.01. The Morgan fingerprint density at radius 1 is 1.19 bits per heavy atom. The SMILES string of the molecule is CC1(C)CC(=O)C2=C(C1)N(c1ccc([N+](=O)[O-])cc1)C(N)=C(C#N)C2c1ccccc1Cl. The summed E-state index contributed by atoms with van der Waals surface area (Å²) in [5, 5.41) is 21.6. The van der Waals surface area contributed by atoms with Crippen molar-refractivity contribution in [2.24, 2.45) is 11.1 Å². The molecule has 1 aliphatic heterocycles. The van der Waals surface area contributed by atoms with Crippen LogP contribution in [-0.4, -0.2) is 10.7 Å². The summed E-state index contributed by atoms with van der Waals surface area (Å²) in [5.74, 6) is -0.537. The van der Waals surface area contributed by atoms with Gasteiger partial charge in [0.1, 0.15) is 5.82 Å². The van der Waals surface area contributed by atoms with Crippen LogP contribution in [0.3, 0.4) is 0 Å². The molecule has 0 fully saturated rings. The van der Waals surface area contributed by atoms with Crippen LogP contribution in [0.15, 0.2) is 71.2 Å². The number of halogens is 1. The molecule has 0 radical (unpaired) electrons. The molecule has 7 nitrogen and oxygen atoms in total. The minimum atomic E-state index is -0.665. The Hall–Kier alpha value is -3.63. The van der Waals surface area contributed by atoms with Crippen LogP contribution in [0.25, 0.3) is 0 Å². The van der Waals surface area contributed by atoms with E-state index in [0.29, 0.717) is 40.4 Å². The van der Waals surface area contributed by atoms with Crippen molar-refractivity contribution in [1.82, 2.24) is 0 Å². The van der Waals surface area contributed by atoms with Gasteiger partial charge in [0.2, 0.25) is 0 Å². The molecule has 1 aliphatic carbocycles. The predicted octanol–water partition coefficient (Wildman–Crippen LogP) is 5.19. The number of Topliss-reactive ketones (excluding diaryl/α,β-unsaturated/α-hetero) is 1. The van der Waals surface area contributed by atoms with Gasteiger partial charge >= 0.3 is 0 Å². The molecule has 0 saturated carbocycles. The lowest BCUT2D eigenvalue weighted by Crippen LogP contribution is -2.42. The second-order valence-corrected chi connectivity index (χ2v) is 9.18. The van der Waals surface area contributed by atoms with E-state index in [0.717, 1.165) is 0 Å². The average Bonchev–Trinajstić information content (AvgIpc) is 2.73. The summed E-state index contributed by atoms with van der Waals surface area (Å²) in [4.78, 5) is 25.7. The number of rotatable bonds is 3. The zero-order valence-electron chi connectivity index (χ0n) is 17.6. The molecule has 32 heavy (non-hydrogen) atoms. The Labute approximate surface area is 190 Å². The normalized spacial score (nSPS) is 20.1. The highest BCUT2D eigenvalue weighted by Crippen LogP contribution is 2.51. The van der Waals surface area contributed by atoms with E-state index in [9.17, 15) is 20.2 Å². The van der Waals surface area contributed by atoms with Gasteiger partial charge in [-0.05, 0) is 35.6 Å². The first-order chi connectivity index (χ1) is 15.1. The topological polar surface area (TPSA) is 113 Å². The summed E-state index contributed by atoms with van der Waals surface area (Å²) in [5.41, 5.74) is 8.80. The Bertz CT molecular complexity index is 1240. The van der Waals surface area contributed by atoms with Crippen LogP contribution in [0.4, 0.5) is 11.4 Å². The molecular formula is C24H21ClN4O3. The molecule has 2 aliphatic rings. The van der Waals surface area contributed by atoms with Crippen molar-refractivity contribution in [3.63, 3.8) is 0 Å². The standard InChI is InChI=1S/C24H21ClN4O3/c1-24(2)11-19-22(20(30)12-24)21(16-5-3-4-6-18(16)25)17(13-26)23(27)28(19)14-7-9-15(10-8-14)29(31)32/h3-10,21H,11-12,27H2,1-2H3. The fourth-order valence-corrected chi connectivity index (χ4v) is 4.79. The van der Waals surface area contributed by atoms with Crippen LogP contribution in [0, 0.1) is 26.9 Å². The van der Waals surface area contributed by atoms with Crippen molar-refractivity contribution in [3.05, 3.63) is 91.9 Å². The quantitative estimate of drug-likeness (QED) is 0.510. The summed E-state index contributed by atoms with van der Waals surface area (Å²) < 4.78 is 0. The number of carbonyl (C=O) groups is 1. The number of benzene rings is 2. The first-order valence-corrected chi connectivity index (χ1v) is 10.5. The molecule has 2 aromatic rings. The van der Waals surface area contributed by atoms with Gasteiger partial charge in [0.15, 0.2) is 5.78 Å². The zero-order valence-corrected chi connectivity index (χ0v) is 18.4. The van der Waals surface area contributed by atoms with Crippen LogP contribution in [0.5, 0.6) is 0 Å². The van der Waals surface area contributed by atoms with Gasteiger partial charge in [-0.2, -0.15) is 5.26 Å². The third-order valence-electron chi connectivity index (χ3n) is 5.92. The van der Waals surface area contributed by atoms with Crippen molar-refractivity contribution >= 4 is 28.8 Å². The van der Waals surface area contributed by atoms with Gasteiger partial charge in [-0.15, -0.1) is 0 Å². The Balaban J connectivity index is 1.98. The second kappa shape index (κ2) is 7.81. The molecule has 1 unspecified atom stereocenters. The molecule has 0 saturated heterocycles. The van der Waals surface area contributed by atoms with Crippen LogP contribution in [0.1, 0.15) is 38.2 Å². The number of allylic oxidation sites excluding steroid dienone is 3. The number of non-ortho nitro benzene ring substituents is 1. The highest BCUT2D eigenvalue weighted by atomic mass is 35.5. The highest BCUT2D eigenvalue weighted by molar-refractivity contribution is 6.31. The molecule has 0 amide bonds. The first kappa shape index (κ1) is 21.6. The zero-order chi connectivity index (χ0) is 23.2. The van der Waals surface area contributed by atoms with E-state index in [4.69, 9.17) is 17.3 Å². The van der Waals surface area contributed by atoms with Crippen molar-refractivity contribution < 1.29 is 9.72 Å². The maximum Gasteiger partial charge on any atom is 0.269 e. The van der Waals surface area contributed by atoms with Gasteiger partial charge in [0.05, 0.1) is 22.5 Å². The van der Waals surface area contributed by atoms with Gasteiger partial charge in [0, 0.05) is 40.5 Å². The van der Waals surface area contributed by atoms with E-state index in [2.05, 4.69) is 6.07 Å². The van der Waals surface area contributed by atoms with Gasteiger partial charge in [-0.25, -0.2) is 0 Å². The van der Waals surface area contributed by atoms with Crippen molar-refractivity contribution in [1.29, 1.82) is 5.26 Å². The van der Waals surface area contributed by atoms with E-state index < -0.39 is 10.8 Å². The smallest absolute Gasteiger partial charge is 0.269 e. The first-order valence-electron chi connectivity index (χ1n) is 10.1. The van der Waals surface area contributed by atoms with Gasteiger partial charge in [0.25, 0.3) is 5.69 Å². The summed E-state index contributed by atoms with van der Waals surface area (Å²) >= 11 is 6.48. The van der Waals surface area contributed by atoms with Crippen molar-refractivity contribution in [2.75, 3.05) is 4.90 Å². The van der Waals surface area contributed by atoms with E-state index in [1.807, 2.05) is 19.9 Å². The summed E-state index contributed by atoms with van der Waals surface area (Å²) in [7, 11) is 0. The van der Waals surface area contributed by atoms with Crippen LogP contribution in [-0.2, 0) is 4.79 Å². The molecule has 0 spiro atoms. The second-order valence-electron chi connectivity index (χ2n) is 8.78. The number of nitrogens with zero attached hydrogens (tertiary/aromatic N) is 3. The number of hydrogen-bond donors (Lipinski definition) is 1. The highest BCUT2D eigenvalue weighted by Gasteiger charge is 2.45. The molecule has 2 aromatic carbocycles. The van der Waals surface area contributed by atoms with Crippen LogP contribution in [0.2, 0.25) is 5.02 Å². The molecule has 2 N–H and O–H groups in total. The fourth-order valence-electron chi connectivity index (χ4n) is 4.55. The maximum atomic E-state index is 13.4. The van der Waals surface area contributed by atoms with E-state index >= 15 is 0 Å². The fraction of sp³-hybridized carbons (Fsp3) is 0.250. The summed E-state index contributed by atoms with van der Waals surface area (Å²) in [6.07, 6.45) is 0.880. The Morgan fingerprint density at radius 2 is 1.84 bits per heavy atom. The number of nitro benzene ring substituents is 1. The number of nitriles is 1.